The highest BCUT2D eigenvalue weighted by Gasteiger charge is 2.37. The molecule has 0 bridgehead atoms. The molecule has 0 aliphatic carbocycles. The molecule has 6 heteroatoms. The lowest BCUT2D eigenvalue weighted by molar-refractivity contribution is -0.126. The molecule has 0 saturated carbocycles. The zero-order chi connectivity index (χ0) is 18.6. The average Bonchev–Trinajstić information content (AvgIpc) is 2.67. The van der Waals surface area contributed by atoms with E-state index in [1.807, 2.05) is 48.5 Å². The number of rotatable bonds is 5. The summed E-state index contributed by atoms with van der Waals surface area (Å²) in [6, 6.07) is 17.3. The van der Waals surface area contributed by atoms with Gasteiger partial charge in [-0.1, -0.05) is 54.1 Å². The summed E-state index contributed by atoms with van der Waals surface area (Å²) in [5.41, 5.74) is 7.00. The quantitative estimate of drug-likeness (QED) is 0.790. The van der Waals surface area contributed by atoms with Crippen LogP contribution in [0.2, 0.25) is 5.02 Å². The van der Waals surface area contributed by atoms with Crippen LogP contribution in [0.25, 0.3) is 0 Å². The number of ether oxygens (including phenoxy) is 1. The first kappa shape index (κ1) is 21.7. The lowest BCUT2D eigenvalue weighted by Gasteiger charge is -2.39. The van der Waals surface area contributed by atoms with E-state index in [2.05, 4.69) is 11.4 Å². The van der Waals surface area contributed by atoms with Crippen molar-refractivity contribution >= 4 is 29.9 Å². The molecule has 0 spiro atoms. The van der Waals surface area contributed by atoms with Crippen molar-refractivity contribution in [3.63, 3.8) is 0 Å². The minimum Gasteiger partial charge on any atom is -0.381 e. The first-order valence-corrected chi connectivity index (χ1v) is 9.28. The Hall–Kier alpha value is -1.59. The highest BCUT2D eigenvalue weighted by Crippen LogP contribution is 2.35. The molecular weight excluding hydrogens is 383 g/mol. The fraction of sp³-hybridized carbons (Fsp3) is 0.381. The second kappa shape index (κ2) is 9.07. The molecule has 0 radical (unpaired) electrons. The van der Waals surface area contributed by atoms with E-state index in [0.717, 1.165) is 24.0 Å². The fourth-order valence-corrected chi connectivity index (χ4v) is 3.69. The van der Waals surface area contributed by atoms with E-state index in [-0.39, 0.29) is 23.7 Å². The largest absolute Gasteiger partial charge is 0.381 e. The Kier molecular flexibility index (Phi) is 7.29. The summed E-state index contributed by atoms with van der Waals surface area (Å²) in [6.45, 7) is 3.59. The van der Waals surface area contributed by atoms with Gasteiger partial charge in [-0.2, -0.15) is 0 Å². The number of halogens is 2. The van der Waals surface area contributed by atoms with E-state index in [1.54, 1.807) is 6.92 Å². The summed E-state index contributed by atoms with van der Waals surface area (Å²) in [5.74, 6) is -0.184. The van der Waals surface area contributed by atoms with E-state index < -0.39 is 5.54 Å². The van der Waals surface area contributed by atoms with Gasteiger partial charge in [-0.05, 0) is 43.0 Å². The van der Waals surface area contributed by atoms with E-state index in [0.29, 0.717) is 24.8 Å². The number of nitrogens with two attached hydrogens (primary N) is 1. The van der Waals surface area contributed by atoms with Crippen LogP contribution in [0.5, 0.6) is 0 Å². The number of carbonyl (C=O) groups excluding carboxylic acids is 1. The van der Waals surface area contributed by atoms with Crippen LogP contribution in [-0.4, -0.2) is 25.7 Å². The zero-order valence-corrected chi connectivity index (χ0v) is 17.0. The van der Waals surface area contributed by atoms with Crippen LogP contribution >= 0.6 is 24.0 Å². The van der Waals surface area contributed by atoms with Crippen LogP contribution in [0.15, 0.2) is 54.6 Å². The molecular formula is C21H26Cl2N2O2. The minimum atomic E-state index is -1.08. The monoisotopic (exact) mass is 408 g/mol. The molecule has 1 unspecified atom stereocenters. The van der Waals surface area contributed by atoms with Crippen LogP contribution in [0, 0.1) is 0 Å². The van der Waals surface area contributed by atoms with Gasteiger partial charge in [0.05, 0.1) is 0 Å². The predicted octanol–water partition coefficient (Wildman–Crippen LogP) is 3.80. The highest BCUT2D eigenvalue weighted by atomic mass is 35.5. The molecule has 1 heterocycles. The Morgan fingerprint density at radius 1 is 1.19 bits per heavy atom. The maximum atomic E-state index is 12.9. The summed E-state index contributed by atoms with van der Waals surface area (Å²) >= 11 is 6.20. The topological polar surface area (TPSA) is 64.4 Å². The van der Waals surface area contributed by atoms with Crippen molar-refractivity contribution in [2.75, 3.05) is 19.8 Å². The molecule has 1 saturated heterocycles. The highest BCUT2D eigenvalue weighted by molar-refractivity contribution is 6.30. The van der Waals surface area contributed by atoms with Gasteiger partial charge in [0.2, 0.25) is 5.91 Å². The third kappa shape index (κ3) is 4.82. The first-order valence-electron chi connectivity index (χ1n) is 8.91. The fourth-order valence-electron chi connectivity index (χ4n) is 3.50. The molecule has 1 atom stereocenters. The molecule has 1 amide bonds. The van der Waals surface area contributed by atoms with Gasteiger partial charge in [-0.3, -0.25) is 4.79 Å². The van der Waals surface area contributed by atoms with Gasteiger partial charge in [-0.25, -0.2) is 0 Å². The molecule has 146 valence electrons. The van der Waals surface area contributed by atoms with Crippen LogP contribution in [0.1, 0.15) is 30.9 Å². The number of hydrogen-bond donors (Lipinski definition) is 2. The zero-order valence-electron chi connectivity index (χ0n) is 15.4. The first-order chi connectivity index (χ1) is 12.4. The second-order valence-corrected chi connectivity index (χ2v) is 7.59. The molecule has 3 N–H and O–H groups in total. The van der Waals surface area contributed by atoms with Gasteiger partial charge in [0.1, 0.15) is 5.54 Å². The summed E-state index contributed by atoms with van der Waals surface area (Å²) in [4.78, 5) is 12.9. The summed E-state index contributed by atoms with van der Waals surface area (Å²) < 4.78 is 5.55. The van der Waals surface area contributed by atoms with E-state index >= 15 is 0 Å². The van der Waals surface area contributed by atoms with Gasteiger partial charge >= 0.3 is 0 Å². The van der Waals surface area contributed by atoms with Crippen molar-refractivity contribution in [2.45, 2.75) is 30.7 Å². The predicted molar refractivity (Wildman–Crippen MR) is 111 cm³/mol. The molecule has 2 aromatic rings. The molecule has 3 rings (SSSR count). The standard InChI is InChI=1S/C21H25ClN2O2.ClH/c1-20(23,16-6-3-2-4-7-16)19(25)24-15-21(10-12-26-13-11-21)17-8-5-9-18(22)14-17;/h2-9,14H,10-13,15,23H2,1H3,(H,24,25);1H. The molecule has 2 aromatic carbocycles. The summed E-state index contributed by atoms with van der Waals surface area (Å²) in [6.07, 6.45) is 1.67. The van der Waals surface area contributed by atoms with Gasteiger partial charge in [0.25, 0.3) is 0 Å². The van der Waals surface area contributed by atoms with Crippen molar-refractivity contribution in [2.24, 2.45) is 5.73 Å². The van der Waals surface area contributed by atoms with Crippen LogP contribution in [0.3, 0.4) is 0 Å². The number of benzene rings is 2. The minimum absolute atomic E-state index is 0. The normalized spacial score (nSPS) is 18.0. The molecule has 1 aliphatic heterocycles. The molecule has 1 fully saturated rings. The van der Waals surface area contributed by atoms with Gasteiger partial charge in [-0.15, -0.1) is 12.4 Å². The van der Waals surface area contributed by atoms with Crippen LogP contribution < -0.4 is 11.1 Å². The van der Waals surface area contributed by atoms with E-state index in [9.17, 15) is 4.79 Å². The SMILES string of the molecule is CC(N)(C(=O)NCC1(c2cccc(Cl)c2)CCOCC1)c1ccccc1.Cl. The number of amides is 1. The van der Waals surface area contributed by atoms with Crippen molar-refractivity contribution in [1.29, 1.82) is 0 Å². The van der Waals surface area contributed by atoms with Crippen LogP contribution in [-0.2, 0) is 20.5 Å². The lowest BCUT2D eigenvalue weighted by atomic mass is 9.74. The number of hydrogen-bond acceptors (Lipinski definition) is 3. The van der Waals surface area contributed by atoms with E-state index in [4.69, 9.17) is 22.1 Å². The smallest absolute Gasteiger partial charge is 0.244 e. The molecule has 1 aliphatic rings. The van der Waals surface area contributed by atoms with Gasteiger partial charge < -0.3 is 15.8 Å². The van der Waals surface area contributed by atoms with Crippen molar-refractivity contribution in [1.82, 2.24) is 5.32 Å². The Morgan fingerprint density at radius 2 is 1.85 bits per heavy atom. The third-order valence-electron chi connectivity index (χ3n) is 5.32. The summed E-state index contributed by atoms with van der Waals surface area (Å²) in [7, 11) is 0. The van der Waals surface area contributed by atoms with Crippen LogP contribution in [0.4, 0.5) is 0 Å². The van der Waals surface area contributed by atoms with Crippen molar-refractivity contribution < 1.29 is 9.53 Å². The Labute approximate surface area is 171 Å². The molecule has 4 nitrogen and oxygen atoms in total. The van der Waals surface area contributed by atoms with Gasteiger partial charge in [0.15, 0.2) is 0 Å². The van der Waals surface area contributed by atoms with Crippen molar-refractivity contribution in [3.05, 3.63) is 70.7 Å². The average molecular weight is 409 g/mol. The van der Waals surface area contributed by atoms with Gasteiger partial charge in [0, 0.05) is 30.2 Å². The number of nitrogens with one attached hydrogen (secondary N) is 1. The maximum absolute atomic E-state index is 12.9. The maximum Gasteiger partial charge on any atom is 0.244 e. The Balaban J connectivity index is 0.00000261. The number of carbonyl (C=O) groups is 1. The second-order valence-electron chi connectivity index (χ2n) is 7.15. The van der Waals surface area contributed by atoms with Crippen molar-refractivity contribution in [3.8, 4) is 0 Å². The third-order valence-corrected chi connectivity index (χ3v) is 5.55. The van der Waals surface area contributed by atoms with E-state index in [1.165, 1.54) is 0 Å². The summed E-state index contributed by atoms with van der Waals surface area (Å²) in [5, 5.41) is 3.79. The lowest BCUT2D eigenvalue weighted by Crippen LogP contribution is -2.53. The Bertz CT molecular complexity index is 760. The molecule has 27 heavy (non-hydrogen) atoms. The Morgan fingerprint density at radius 3 is 2.48 bits per heavy atom. The molecule has 0 aromatic heterocycles.